The highest BCUT2D eigenvalue weighted by Crippen LogP contribution is 2.30. The molecule has 2 aliphatic rings. The Bertz CT molecular complexity index is 1160. The smallest absolute Gasteiger partial charge is 0.265 e. The van der Waals surface area contributed by atoms with Gasteiger partial charge in [-0.25, -0.2) is 4.98 Å². The van der Waals surface area contributed by atoms with Crippen molar-refractivity contribution in [3.63, 3.8) is 0 Å². The van der Waals surface area contributed by atoms with E-state index in [1.54, 1.807) is 12.1 Å². The third-order valence-corrected chi connectivity index (χ3v) is 6.99. The summed E-state index contributed by atoms with van der Waals surface area (Å²) in [5, 5.41) is 5.95. The number of carbonyl (C=O) groups is 2. The van der Waals surface area contributed by atoms with Crippen molar-refractivity contribution in [1.29, 1.82) is 0 Å². The zero-order chi connectivity index (χ0) is 22.8. The molecule has 0 radical (unpaired) electrons. The Hall–Kier alpha value is -3.23. The monoisotopic (exact) mass is 462 g/mol. The predicted molar refractivity (Wildman–Crippen MR) is 130 cm³/mol. The standard InChI is InChI=1S/C25H26N4O3S/c1-16-2-3-17(24(30)27-19-5-6-19)14-20(16)28-25(31)22-8-7-21(33-22)18-4-9-23(26-15-18)29-10-12-32-13-11-29/h2-4,7-9,14-15,19H,5-6,10-13H2,1H3,(H,27,30)(H,28,31). The minimum Gasteiger partial charge on any atom is -0.378 e. The Morgan fingerprint density at radius 1 is 1.06 bits per heavy atom. The van der Waals surface area contributed by atoms with E-state index in [-0.39, 0.29) is 11.8 Å². The van der Waals surface area contributed by atoms with Gasteiger partial charge in [-0.3, -0.25) is 9.59 Å². The minimum atomic E-state index is -0.188. The van der Waals surface area contributed by atoms with E-state index in [1.807, 2.05) is 43.5 Å². The van der Waals surface area contributed by atoms with Crippen LogP contribution in [0.4, 0.5) is 11.5 Å². The molecule has 0 spiro atoms. The largest absolute Gasteiger partial charge is 0.378 e. The maximum Gasteiger partial charge on any atom is 0.265 e. The second-order valence-electron chi connectivity index (χ2n) is 8.40. The fraction of sp³-hybridized carbons (Fsp3) is 0.320. The lowest BCUT2D eigenvalue weighted by atomic mass is 10.1. The number of morpholine rings is 1. The number of rotatable bonds is 6. The normalized spacial score (nSPS) is 15.8. The Balaban J connectivity index is 1.27. The Morgan fingerprint density at radius 3 is 2.61 bits per heavy atom. The Labute approximate surface area is 196 Å². The van der Waals surface area contributed by atoms with Gasteiger partial charge in [-0.1, -0.05) is 6.07 Å². The van der Waals surface area contributed by atoms with Crippen molar-refractivity contribution < 1.29 is 14.3 Å². The summed E-state index contributed by atoms with van der Waals surface area (Å²) in [5.74, 6) is 0.657. The summed E-state index contributed by atoms with van der Waals surface area (Å²) < 4.78 is 5.40. The molecule has 1 saturated carbocycles. The number of anilines is 2. The van der Waals surface area contributed by atoms with Gasteiger partial charge in [0.25, 0.3) is 11.8 Å². The maximum atomic E-state index is 12.9. The summed E-state index contributed by atoms with van der Waals surface area (Å²) in [4.78, 5) is 33.7. The molecule has 1 aliphatic heterocycles. The fourth-order valence-corrected chi connectivity index (χ4v) is 4.60. The topological polar surface area (TPSA) is 83.6 Å². The molecule has 0 unspecified atom stereocenters. The van der Waals surface area contributed by atoms with Crippen LogP contribution in [0.5, 0.6) is 0 Å². The number of nitrogens with one attached hydrogen (secondary N) is 2. The van der Waals surface area contributed by atoms with Crippen molar-refractivity contribution in [2.75, 3.05) is 36.5 Å². The number of amides is 2. The number of hydrogen-bond donors (Lipinski definition) is 2. The Morgan fingerprint density at radius 2 is 1.88 bits per heavy atom. The summed E-state index contributed by atoms with van der Waals surface area (Å²) >= 11 is 1.42. The van der Waals surface area contributed by atoms with Crippen LogP contribution in [-0.2, 0) is 4.74 Å². The minimum absolute atomic E-state index is 0.0977. The fourth-order valence-electron chi connectivity index (χ4n) is 3.70. The average molecular weight is 463 g/mol. The lowest BCUT2D eigenvalue weighted by Crippen LogP contribution is -2.36. The summed E-state index contributed by atoms with van der Waals surface area (Å²) in [6.07, 6.45) is 3.92. The van der Waals surface area contributed by atoms with Crippen LogP contribution in [0.15, 0.2) is 48.7 Å². The molecule has 5 rings (SSSR count). The highest BCUT2D eigenvalue weighted by Gasteiger charge is 2.24. The summed E-state index contributed by atoms with van der Waals surface area (Å²) in [5.41, 5.74) is 3.09. The van der Waals surface area contributed by atoms with Gasteiger partial charge in [-0.2, -0.15) is 0 Å². The molecule has 0 bridgehead atoms. The molecule has 7 nitrogen and oxygen atoms in total. The van der Waals surface area contributed by atoms with Crippen LogP contribution in [0.25, 0.3) is 10.4 Å². The molecular weight excluding hydrogens is 436 g/mol. The third kappa shape index (κ3) is 5.07. The molecule has 1 aliphatic carbocycles. The predicted octanol–water partition coefficient (Wildman–Crippen LogP) is 4.10. The van der Waals surface area contributed by atoms with E-state index in [0.29, 0.717) is 22.2 Å². The van der Waals surface area contributed by atoms with Gasteiger partial charge in [-0.15, -0.1) is 11.3 Å². The quantitative estimate of drug-likeness (QED) is 0.576. The number of benzene rings is 1. The zero-order valence-electron chi connectivity index (χ0n) is 18.5. The highest BCUT2D eigenvalue weighted by molar-refractivity contribution is 7.17. The molecular formula is C25H26N4O3S. The van der Waals surface area contributed by atoms with Crippen molar-refractivity contribution in [1.82, 2.24) is 10.3 Å². The summed E-state index contributed by atoms with van der Waals surface area (Å²) in [6, 6.07) is 13.5. The van der Waals surface area contributed by atoms with Gasteiger partial charge >= 0.3 is 0 Å². The van der Waals surface area contributed by atoms with Gasteiger partial charge in [0.05, 0.1) is 18.1 Å². The van der Waals surface area contributed by atoms with E-state index in [1.165, 1.54) is 11.3 Å². The molecule has 1 saturated heterocycles. The van der Waals surface area contributed by atoms with E-state index in [2.05, 4.69) is 20.5 Å². The van der Waals surface area contributed by atoms with Crippen molar-refractivity contribution in [2.24, 2.45) is 0 Å². The first kappa shape index (κ1) is 21.6. The van der Waals surface area contributed by atoms with Gasteiger partial charge < -0.3 is 20.3 Å². The van der Waals surface area contributed by atoms with Crippen LogP contribution < -0.4 is 15.5 Å². The second-order valence-corrected chi connectivity index (χ2v) is 9.48. The molecule has 2 fully saturated rings. The van der Waals surface area contributed by atoms with Gasteiger partial charge in [-0.05, 0) is 61.7 Å². The number of nitrogens with zero attached hydrogens (tertiary/aromatic N) is 2. The Kier molecular flexibility index (Phi) is 6.11. The molecule has 0 atom stereocenters. The molecule has 2 N–H and O–H groups in total. The van der Waals surface area contributed by atoms with Gasteiger partial charge in [0.2, 0.25) is 0 Å². The third-order valence-electron chi connectivity index (χ3n) is 5.86. The number of hydrogen-bond acceptors (Lipinski definition) is 6. The number of aromatic nitrogens is 1. The SMILES string of the molecule is Cc1ccc(C(=O)NC2CC2)cc1NC(=O)c1ccc(-c2ccc(N3CCOCC3)nc2)s1. The maximum absolute atomic E-state index is 12.9. The number of thiophene rings is 1. The first-order valence-electron chi connectivity index (χ1n) is 11.2. The second kappa shape index (κ2) is 9.33. The van der Waals surface area contributed by atoms with E-state index in [0.717, 1.165) is 61.0 Å². The molecule has 1 aromatic carbocycles. The van der Waals surface area contributed by atoms with Crippen LogP contribution in [0, 0.1) is 6.92 Å². The van der Waals surface area contributed by atoms with E-state index >= 15 is 0 Å². The van der Waals surface area contributed by atoms with Gasteiger partial charge in [0.1, 0.15) is 5.82 Å². The molecule has 2 amide bonds. The van der Waals surface area contributed by atoms with Crippen molar-refractivity contribution >= 4 is 34.7 Å². The summed E-state index contributed by atoms with van der Waals surface area (Å²) in [7, 11) is 0. The van der Waals surface area contributed by atoms with E-state index in [9.17, 15) is 9.59 Å². The summed E-state index contributed by atoms with van der Waals surface area (Å²) in [6.45, 7) is 5.05. The number of carbonyl (C=O) groups excluding carboxylic acids is 2. The van der Waals surface area contributed by atoms with Crippen molar-refractivity contribution in [3.05, 3.63) is 64.7 Å². The van der Waals surface area contributed by atoms with E-state index in [4.69, 9.17) is 4.74 Å². The highest BCUT2D eigenvalue weighted by atomic mass is 32.1. The van der Waals surface area contributed by atoms with Crippen molar-refractivity contribution in [2.45, 2.75) is 25.8 Å². The van der Waals surface area contributed by atoms with Crippen LogP contribution in [0.3, 0.4) is 0 Å². The zero-order valence-corrected chi connectivity index (χ0v) is 19.3. The number of pyridine rings is 1. The van der Waals surface area contributed by atoms with Crippen LogP contribution in [-0.4, -0.2) is 49.1 Å². The molecule has 3 heterocycles. The van der Waals surface area contributed by atoms with Gasteiger partial charge in [0.15, 0.2) is 0 Å². The van der Waals surface area contributed by atoms with Crippen LogP contribution in [0.2, 0.25) is 0 Å². The molecule has 8 heteroatoms. The molecule has 33 heavy (non-hydrogen) atoms. The lowest BCUT2D eigenvalue weighted by molar-refractivity contribution is 0.0949. The molecule has 3 aromatic rings. The number of aryl methyl sites for hydroxylation is 1. The molecule has 2 aromatic heterocycles. The lowest BCUT2D eigenvalue weighted by Gasteiger charge is -2.27. The first-order chi connectivity index (χ1) is 16.1. The van der Waals surface area contributed by atoms with Crippen LogP contribution >= 0.6 is 11.3 Å². The van der Waals surface area contributed by atoms with Crippen LogP contribution in [0.1, 0.15) is 38.4 Å². The van der Waals surface area contributed by atoms with E-state index < -0.39 is 0 Å². The average Bonchev–Trinajstić information content (AvgIpc) is 3.52. The van der Waals surface area contributed by atoms with Crippen molar-refractivity contribution in [3.8, 4) is 10.4 Å². The van der Waals surface area contributed by atoms with Gasteiger partial charge in [0, 0.05) is 47.0 Å². The number of ether oxygens (including phenoxy) is 1. The first-order valence-corrected chi connectivity index (χ1v) is 12.0. The molecule has 170 valence electrons.